The standard InChI is InChI=1S/C14H13F3N4O2/c1-23-7-6-18-13(22)10-4-5-19-14(21-10)20-9-3-2-8(15)11(16)12(9)17/h2-5H,6-7H2,1H3,(H,18,22)(H,19,20,21). The molecule has 122 valence electrons. The van der Waals surface area contributed by atoms with Crippen molar-refractivity contribution in [3.05, 3.63) is 47.5 Å². The minimum atomic E-state index is -1.61. The number of carbonyl (C=O) groups excluding carboxylic acids is 1. The van der Waals surface area contributed by atoms with Gasteiger partial charge in [-0.15, -0.1) is 0 Å². The van der Waals surface area contributed by atoms with Gasteiger partial charge in [0.1, 0.15) is 5.69 Å². The Morgan fingerprint density at radius 3 is 2.74 bits per heavy atom. The van der Waals surface area contributed by atoms with E-state index in [0.717, 1.165) is 12.1 Å². The Morgan fingerprint density at radius 2 is 2.00 bits per heavy atom. The number of halogens is 3. The molecular formula is C14H13F3N4O2. The number of hydrogen-bond acceptors (Lipinski definition) is 5. The molecular weight excluding hydrogens is 313 g/mol. The second-order valence-electron chi connectivity index (χ2n) is 4.36. The molecule has 1 amide bonds. The Hall–Kier alpha value is -2.68. The topological polar surface area (TPSA) is 76.1 Å². The maximum Gasteiger partial charge on any atom is 0.270 e. The van der Waals surface area contributed by atoms with Crippen LogP contribution in [0.4, 0.5) is 24.8 Å². The van der Waals surface area contributed by atoms with Gasteiger partial charge in [-0.05, 0) is 18.2 Å². The molecule has 1 aromatic heterocycles. The Balaban J connectivity index is 2.14. The van der Waals surface area contributed by atoms with E-state index in [4.69, 9.17) is 4.74 Å². The third-order valence-corrected chi connectivity index (χ3v) is 2.76. The summed E-state index contributed by atoms with van der Waals surface area (Å²) in [6.45, 7) is 0.627. The number of hydrogen-bond donors (Lipinski definition) is 2. The fourth-order valence-corrected chi connectivity index (χ4v) is 1.65. The summed E-state index contributed by atoms with van der Waals surface area (Å²) < 4.78 is 44.4. The van der Waals surface area contributed by atoms with Gasteiger partial charge in [0.25, 0.3) is 5.91 Å². The molecule has 0 atom stereocenters. The smallest absolute Gasteiger partial charge is 0.270 e. The average molecular weight is 326 g/mol. The fraction of sp³-hybridized carbons (Fsp3) is 0.214. The molecule has 2 N–H and O–H groups in total. The molecule has 6 nitrogen and oxygen atoms in total. The van der Waals surface area contributed by atoms with E-state index in [1.165, 1.54) is 19.4 Å². The molecule has 0 aliphatic rings. The number of nitrogens with zero attached hydrogens (tertiary/aromatic N) is 2. The van der Waals surface area contributed by atoms with Gasteiger partial charge >= 0.3 is 0 Å². The molecule has 2 rings (SSSR count). The average Bonchev–Trinajstić information content (AvgIpc) is 2.56. The number of carbonyl (C=O) groups is 1. The molecule has 9 heteroatoms. The van der Waals surface area contributed by atoms with Crippen molar-refractivity contribution in [1.29, 1.82) is 0 Å². The quantitative estimate of drug-likeness (QED) is 0.627. The lowest BCUT2D eigenvalue weighted by Crippen LogP contribution is -2.27. The second kappa shape index (κ2) is 7.54. The van der Waals surface area contributed by atoms with E-state index in [1.807, 2.05) is 0 Å². The van der Waals surface area contributed by atoms with E-state index < -0.39 is 23.4 Å². The minimum Gasteiger partial charge on any atom is -0.383 e. The van der Waals surface area contributed by atoms with Crippen molar-refractivity contribution in [1.82, 2.24) is 15.3 Å². The van der Waals surface area contributed by atoms with Crippen LogP contribution in [0.3, 0.4) is 0 Å². The van der Waals surface area contributed by atoms with Crippen molar-refractivity contribution in [2.75, 3.05) is 25.6 Å². The first-order valence-electron chi connectivity index (χ1n) is 6.53. The highest BCUT2D eigenvalue weighted by atomic mass is 19.2. The van der Waals surface area contributed by atoms with Gasteiger partial charge in [-0.3, -0.25) is 4.79 Å². The van der Waals surface area contributed by atoms with E-state index in [0.29, 0.717) is 13.2 Å². The Morgan fingerprint density at radius 1 is 1.22 bits per heavy atom. The van der Waals surface area contributed by atoms with Gasteiger partial charge in [-0.2, -0.15) is 0 Å². The molecule has 0 aliphatic carbocycles. The van der Waals surface area contributed by atoms with E-state index in [9.17, 15) is 18.0 Å². The number of benzene rings is 1. The SMILES string of the molecule is COCCNC(=O)c1ccnc(Nc2ccc(F)c(F)c2F)n1. The van der Waals surface area contributed by atoms with Crippen molar-refractivity contribution in [3.63, 3.8) is 0 Å². The highest BCUT2D eigenvalue weighted by Crippen LogP contribution is 2.21. The summed E-state index contributed by atoms with van der Waals surface area (Å²) in [5, 5.41) is 4.95. The lowest BCUT2D eigenvalue weighted by atomic mass is 10.3. The van der Waals surface area contributed by atoms with Gasteiger partial charge in [0.2, 0.25) is 5.95 Å². The third kappa shape index (κ3) is 4.16. The zero-order valence-electron chi connectivity index (χ0n) is 12.1. The van der Waals surface area contributed by atoms with Gasteiger partial charge in [0, 0.05) is 19.9 Å². The molecule has 0 bridgehead atoms. The predicted molar refractivity (Wildman–Crippen MR) is 75.8 cm³/mol. The lowest BCUT2D eigenvalue weighted by Gasteiger charge is -2.08. The molecule has 0 saturated heterocycles. The van der Waals surface area contributed by atoms with Crippen molar-refractivity contribution >= 4 is 17.5 Å². The maximum atomic E-state index is 13.6. The number of aromatic nitrogens is 2. The number of anilines is 2. The first kappa shape index (κ1) is 16.7. The summed E-state index contributed by atoms with van der Waals surface area (Å²) in [4.78, 5) is 19.5. The van der Waals surface area contributed by atoms with Crippen LogP contribution in [0, 0.1) is 17.5 Å². The zero-order chi connectivity index (χ0) is 16.8. The van der Waals surface area contributed by atoms with Gasteiger partial charge in [-0.25, -0.2) is 23.1 Å². The summed E-state index contributed by atoms with van der Waals surface area (Å²) in [6, 6.07) is 3.12. The minimum absolute atomic E-state index is 0.0293. The van der Waals surface area contributed by atoms with Crippen LogP contribution >= 0.6 is 0 Å². The zero-order valence-corrected chi connectivity index (χ0v) is 12.1. The van der Waals surface area contributed by atoms with E-state index >= 15 is 0 Å². The van der Waals surface area contributed by atoms with Crippen LogP contribution < -0.4 is 10.6 Å². The first-order valence-corrected chi connectivity index (χ1v) is 6.53. The van der Waals surface area contributed by atoms with Crippen LogP contribution in [0.1, 0.15) is 10.5 Å². The van der Waals surface area contributed by atoms with Crippen molar-refractivity contribution in [2.24, 2.45) is 0 Å². The number of ether oxygens (including phenoxy) is 1. The monoisotopic (exact) mass is 326 g/mol. The van der Waals surface area contributed by atoms with Gasteiger partial charge in [0.05, 0.1) is 12.3 Å². The van der Waals surface area contributed by atoms with Crippen LogP contribution in [0.2, 0.25) is 0 Å². The van der Waals surface area contributed by atoms with Gasteiger partial charge < -0.3 is 15.4 Å². The van der Waals surface area contributed by atoms with Crippen molar-refractivity contribution in [2.45, 2.75) is 0 Å². The molecule has 23 heavy (non-hydrogen) atoms. The summed E-state index contributed by atoms with van der Waals surface area (Å²) in [5.41, 5.74) is -0.317. The van der Waals surface area contributed by atoms with Crippen molar-refractivity contribution < 1.29 is 22.7 Å². The number of amides is 1. The molecule has 1 heterocycles. The highest BCUT2D eigenvalue weighted by Gasteiger charge is 2.15. The third-order valence-electron chi connectivity index (χ3n) is 2.76. The molecule has 2 aromatic rings. The molecule has 0 fully saturated rings. The van der Waals surface area contributed by atoms with Crippen LogP contribution in [-0.4, -0.2) is 36.1 Å². The highest BCUT2D eigenvalue weighted by molar-refractivity contribution is 5.92. The van der Waals surface area contributed by atoms with Gasteiger partial charge in [-0.1, -0.05) is 0 Å². The largest absolute Gasteiger partial charge is 0.383 e. The van der Waals surface area contributed by atoms with Crippen LogP contribution in [0.25, 0.3) is 0 Å². The molecule has 0 spiro atoms. The summed E-state index contributed by atoms with van der Waals surface area (Å²) in [7, 11) is 1.50. The van der Waals surface area contributed by atoms with Crippen LogP contribution in [-0.2, 0) is 4.74 Å². The number of methoxy groups -OCH3 is 1. The van der Waals surface area contributed by atoms with E-state index in [2.05, 4.69) is 20.6 Å². The predicted octanol–water partition coefficient (Wildman–Crippen LogP) is 2.01. The molecule has 0 saturated carbocycles. The number of rotatable bonds is 6. The molecule has 0 unspecified atom stereocenters. The van der Waals surface area contributed by atoms with Crippen LogP contribution in [0.5, 0.6) is 0 Å². The Labute approximate surface area is 129 Å². The summed E-state index contributed by atoms with van der Waals surface area (Å²) >= 11 is 0. The number of nitrogens with one attached hydrogen (secondary N) is 2. The Kier molecular flexibility index (Phi) is 5.47. The first-order chi connectivity index (χ1) is 11.0. The molecule has 0 radical (unpaired) electrons. The summed E-state index contributed by atoms with van der Waals surface area (Å²) in [6.07, 6.45) is 1.28. The normalized spacial score (nSPS) is 10.4. The van der Waals surface area contributed by atoms with Crippen LogP contribution in [0.15, 0.2) is 24.4 Å². The fourth-order valence-electron chi connectivity index (χ4n) is 1.65. The van der Waals surface area contributed by atoms with E-state index in [1.54, 1.807) is 0 Å². The molecule has 0 aliphatic heterocycles. The van der Waals surface area contributed by atoms with Gasteiger partial charge in [0.15, 0.2) is 17.5 Å². The van der Waals surface area contributed by atoms with Crippen molar-refractivity contribution in [3.8, 4) is 0 Å². The molecule has 1 aromatic carbocycles. The lowest BCUT2D eigenvalue weighted by molar-refractivity contribution is 0.0932. The van der Waals surface area contributed by atoms with E-state index in [-0.39, 0.29) is 17.3 Å². The Bertz CT molecular complexity index is 712. The summed E-state index contributed by atoms with van der Waals surface area (Å²) in [5.74, 6) is -4.92. The maximum absolute atomic E-state index is 13.6. The second-order valence-corrected chi connectivity index (χ2v) is 4.36.